The third-order valence-electron chi connectivity index (χ3n) is 4.22. The molecule has 0 aromatic heterocycles. The first-order chi connectivity index (χ1) is 7.17. The summed E-state index contributed by atoms with van der Waals surface area (Å²) in [5.74, 6) is 2.63. The number of hydrogen-bond donors (Lipinski definition) is 1. The van der Waals surface area contributed by atoms with Gasteiger partial charge in [0.05, 0.1) is 0 Å². The fourth-order valence-corrected chi connectivity index (χ4v) is 3.14. The zero-order valence-electron chi connectivity index (χ0n) is 10.8. The van der Waals surface area contributed by atoms with Gasteiger partial charge in [-0.05, 0) is 37.0 Å². The van der Waals surface area contributed by atoms with Crippen LogP contribution in [0.2, 0.25) is 0 Å². The van der Waals surface area contributed by atoms with E-state index >= 15 is 0 Å². The van der Waals surface area contributed by atoms with Crippen molar-refractivity contribution in [3.63, 3.8) is 0 Å². The molecule has 1 aliphatic carbocycles. The van der Waals surface area contributed by atoms with Gasteiger partial charge in [0.2, 0.25) is 0 Å². The molecule has 0 radical (unpaired) electrons. The summed E-state index contributed by atoms with van der Waals surface area (Å²) in [6.07, 6.45) is 9.46. The first kappa shape index (κ1) is 13.0. The molecule has 4 atom stereocenters. The van der Waals surface area contributed by atoms with Gasteiger partial charge in [-0.3, -0.25) is 0 Å². The summed E-state index contributed by atoms with van der Waals surface area (Å²) in [6.45, 7) is 6.94. The van der Waals surface area contributed by atoms with Crippen LogP contribution in [0.15, 0.2) is 0 Å². The lowest BCUT2D eigenvalue weighted by atomic mass is 9.88. The van der Waals surface area contributed by atoms with Crippen LogP contribution < -0.4 is 5.73 Å². The minimum atomic E-state index is 0.475. The average Bonchev–Trinajstić information content (AvgIpc) is 2.66. The lowest BCUT2D eigenvalue weighted by Crippen LogP contribution is -2.30. The van der Waals surface area contributed by atoms with E-state index in [2.05, 4.69) is 20.8 Å². The molecule has 90 valence electrons. The Labute approximate surface area is 95.8 Å². The van der Waals surface area contributed by atoms with E-state index in [1.807, 2.05) is 0 Å². The highest BCUT2D eigenvalue weighted by Gasteiger charge is 2.28. The van der Waals surface area contributed by atoms with Crippen molar-refractivity contribution in [3.05, 3.63) is 0 Å². The van der Waals surface area contributed by atoms with Gasteiger partial charge in [0.15, 0.2) is 0 Å². The maximum Gasteiger partial charge on any atom is 0.00698 e. The fourth-order valence-electron chi connectivity index (χ4n) is 3.14. The van der Waals surface area contributed by atoms with Crippen LogP contribution in [0.1, 0.15) is 65.7 Å². The predicted octanol–water partition coefficient (Wildman–Crippen LogP) is 3.97. The van der Waals surface area contributed by atoms with E-state index in [0.717, 1.165) is 17.8 Å². The second-order valence-corrected chi connectivity index (χ2v) is 5.64. The molecule has 0 bridgehead atoms. The van der Waals surface area contributed by atoms with E-state index in [1.54, 1.807) is 0 Å². The van der Waals surface area contributed by atoms with Crippen LogP contribution in [-0.2, 0) is 0 Å². The Hall–Kier alpha value is -0.0400. The van der Waals surface area contributed by atoms with Crippen LogP contribution in [0.3, 0.4) is 0 Å². The van der Waals surface area contributed by atoms with Crippen molar-refractivity contribution in [2.75, 3.05) is 0 Å². The average molecular weight is 211 g/mol. The topological polar surface area (TPSA) is 26.0 Å². The van der Waals surface area contributed by atoms with Crippen molar-refractivity contribution in [2.24, 2.45) is 23.5 Å². The summed E-state index contributed by atoms with van der Waals surface area (Å²) in [4.78, 5) is 0. The Bertz CT molecular complexity index is 167. The molecule has 0 spiro atoms. The van der Waals surface area contributed by atoms with E-state index in [4.69, 9.17) is 5.73 Å². The lowest BCUT2D eigenvalue weighted by molar-refractivity contribution is 0.335. The fraction of sp³-hybridized carbons (Fsp3) is 1.00. The van der Waals surface area contributed by atoms with E-state index in [9.17, 15) is 0 Å². The van der Waals surface area contributed by atoms with E-state index in [1.165, 1.54) is 44.9 Å². The quantitative estimate of drug-likeness (QED) is 0.707. The highest BCUT2D eigenvalue weighted by Crippen LogP contribution is 2.35. The molecule has 1 heteroatoms. The minimum absolute atomic E-state index is 0.475. The van der Waals surface area contributed by atoms with Crippen LogP contribution in [0.25, 0.3) is 0 Å². The SMILES string of the molecule is CCCC(C)CC(N)C1CCC(CC)C1. The maximum absolute atomic E-state index is 6.33. The molecule has 15 heavy (non-hydrogen) atoms. The van der Waals surface area contributed by atoms with Gasteiger partial charge in [-0.2, -0.15) is 0 Å². The van der Waals surface area contributed by atoms with Gasteiger partial charge in [0.25, 0.3) is 0 Å². The van der Waals surface area contributed by atoms with E-state index < -0.39 is 0 Å². The van der Waals surface area contributed by atoms with Crippen LogP contribution in [-0.4, -0.2) is 6.04 Å². The summed E-state index contributed by atoms with van der Waals surface area (Å²) in [5, 5.41) is 0. The molecule has 4 unspecified atom stereocenters. The Morgan fingerprint density at radius 2 is 2.00 bits per heavy atom. The minimum Gasteiger partial charge on any atom is -0.327 e. The Morgan fingerprint density at radius 1 is 1.27 bits per heavy atom. The zero-order valence-corrected chi connectivity index (χ0v) is 10.8. The van der Waals surface area contributed by atoms with Crippen molar-refractivity contribution >= 4 is 0 Å². The highest BCUT2D eigenvalue weighted by molar-refractivity contribution is 4.83. The standard InChI is InChI=1S/C14H29N/c1-4-6-11(3)9-14(15)13-8-7-12(5-2)10-13/h11-14H,4-10,15H2,1-3H3. The van der Waals surface area contributed by atoms with E-state index in [0.29, 0.717) is 6.04 Å². The van der Waals surface area contributed by atoms with Crippen molar-refractivity contribution in [1.82, 2.24) is 0 Å². The van der Waals surface area contributed by atoms with Crippen molar-refractivity contribution in [3.8, 4) is 0 Å². The Morgan fingerprint density at radius 3 is 2.53 bits per heavy atom. The lowest BCUT2D eigenvalue weighted by Gasteiger charge is -2.22. The summed E-state index contributed by atoms with van der Waals surface area (Å²) >= 11 is 0. The third kappa shape index (κ3) is 4.14. The van der Waals surface area contributed by atoms with E-state index in [-0.39, 0.29) is 0 Å². The molecular weight excluding hydrogens is 182 g/mol. The number of rotatable bonds is 6. The molecule has 0 aromatic rings. The van der Waals surface area contributed by atoms with Crippen LogP contribution in [0, 0.1) is 17.8 Å². The van der Waals surface area contributed by atoms with Crippen LogP contribution >= 0.6 is 0 Å². The zero-order chi connectivity index (χ0) is 11.3. The third-order valence-corrected chi connectivity index (χ3v) is 4.22. The normalized spacial score (nSPS) is 30.4. The highest BCUT2D eigenvalue weighted by atomic mass is 14.7. The second kappa shape index (κ2) is 6.52. The summed E-state index contributed by atoms with van der Waals surface area (Å²) in [5.41, 5.74) is 6.33. The molecule has 0 aliphatic heterocycles. The van der Waals surface area contributed by atoms with Crippen LogP contribution in [0.5, 0.6) is 0 Å². The van der Waals surface area contributed by atoms with Crippen LogP contribution in [0.4, 0.5) is 0 Å². The van der Waals surface area contributed by atoms with Crippen molar-refractivity contribution < 1.29 is 0 Å². The molecule has 1 saturated carbocycles. The van der Waals surface area contributed by atoms with Gasteiger partial charge in [0.1, 0.15) is 0 Å². The molecule has 1 aliphatic rings. The second-order valence-electron chi connectivity index (χ2n) is 5.64. The summed E-state index contributed by atoms with van der Waals surface area (Å²) in [6, 6.07) is 0.475. The first-order valence-electron chi connectivity index (χ1n) is 6.92. The van der Waals surface area contributed by atoms with Gasteiger partial charge in [-0.25, -0.2) is 0 Å². The molecule has 0 heterocycles. The van der Waals surface area contributed by atoms with Crippen molar-refractivity contribution in [2.45, 2.75) is 71.8 Å². The van der Waals surface area contributed by atoms with Gasteiger partial charge >= 0.3 is 0 Å². The van der Waals surface area contributed by atoms with Gasteiger partial charge in [-0.15, -0.1) is 0 Å². The molecule has 0 saturated heterocycles. The van der Waals surface area contributed by atoms with Gasteiger partial charge in [-0.1, -0.05) is 46.5 Å². The van der Waals surface area contributed by atoms with Crippen molar-refractivity contribution in [1.29, 1.82) is 0 Å². The van der Waals surface area contributed by atoms with Gasteiger partial charge < -0.3 is 5.73 Å². The molecule has 0 amide bonds. The molecule has 1 rings (SSSR count). The Balaban J connectivity index is 2.25. The Kier molecular flexibility index (Phi) is 5.66. The first-order valence-corrected chi connectivity index (χ1v) is 6.92. The van der Waals surface area contributed by atoms with Gasteiger partial charge in [0, 0.05) is 6.04 Å². The molecule has 1 nitrogen and oxygen atoms in total. The molecule has 2 N–H and O–H groups in total. The summed E-state index contributed by atoms with van der Waals surface area (Å²) < 4.78 is 0. The maximum atomic E-state index is 6.33. The number of nitrogens with two attached hydrogens (primary N) is 1. The molecule has 1 fully saturated rings. The summed E-state index contributed by atoms with van der Waals surface area (Å²) in [7, 11) is 0. The molecular formula is C14H29N. The largest absolute Gasteiger partial charge is 0.327 e. The smallest absolute Gasteiger partial charge is 0.00698 e. The molecule has 0 aromatic carbocycles. The number of hydrogen-bond acceptors (Lipinski definition) is 1. The monoisotopic (exact) mass is 211 g/mol. The predicted molar refractivity (Wildman–Crippen MR) is 67.8 cm³/mol.